The third-order valence-electron chi connectivity index (χ3n) is 3.47. The van der Waals surface area contributed by atoms with Crippen LogP contribution in [-0.2, 0) is 0 Å². The molecule has 0 radical (unpaired) electrons. The first-order valence-corrected chi connectivity index (χ1v) is 8.41. The highest BCUT2D eigenvalue weighted by atomic mass is 31.1. The largest absolute Gasteiger partial charge is 0.504 e. The van der Waals surface area contributed by atoms with Crippen LogP contribution in [0.25, 0.3) is 0 Å². The number of phenolic OH excluding ortho intramolecular Hbond substituents is 1. The van der Waals surface area contributed by atoms with Gasteiger partial charge < -0.3 is 9.84 Å². The van der Waals surface area contributed by atoms with E-state index in [4.69, 9.17) is 4.74 Å². The molecule has 0 unspecified atom stereocenters. The lowest BCUT2D eigenvalue weighted by Crippen LogP contribution is -2.20. The topological polar surface area (TPSA) is 29.5 Å². The van der Waals surface area contributed by atoms with E-state index in [1.54, 1.807) is 13.2 Å². The molecule has 3 aromatic carbocycles. The van der Waals surface area contributed by atoms with Gasteiger partial charge in [0.25, 0.3) is 0 Å². The first-order valence-electron chi connectivity index (χ1n) is 7.07. The number of aromatic hydroxyl groups is 1. The minimum absolute atomic E-state index is 0.226. The second-order valence-electron chi connectivity index (χ2n) is 4.83. The number of methoxy groups -OCH3 is 1. The van der Waals surface area contributed by atoms with E-state index in [9.17, 15) is 5.11 Å². The molecular formula is C19H17O2P. The van der Waals surface area contributed by atoms with Crippen LogP contribution in [0.2, 0.25) is 0 Å². The molecule has 0 aliphatic rings. The maximum Gasteiger partial charge on any atom is 0.166 e. The third kappa shape index (κ3) is 2.84. The molecule has 0 heterocycles. The zero-order valence-corrected chi connectivity index (χ0v) is 13.2. The summed E-state index contributed by atoms with van der Waals surface area (Å²) in [6.45, 7) is 0. The van der Waals surface area contributed by atoms with Crippen LogP contribution < -0.4 is 20.7 Å². The van der Waals surface area contributed by atoms with Crippen molar-refractivity contribution in [2.45, 2.75) is 0 Å². The molecule has 1 N–H and O–H groups in total. The second-order valence-corrected chi connectivity index (χ2v) is 7.02. The van der Waals surface area contributed by atoms with Gasteiger partial charge in [-0.1, -0.05) is 66.7 Å². The lowest BCUT2D eigenvalue weighted by molar-refractivity contribution is 0.375. The fourth-order valence-electron chi connectivity index (χ4n) is 2.44. The molecule has 2 nitrogen and oxygen atoms in total. The van der Waals surface area contributed by atoms with E-state index in [-0.39, 0.29) is 5.75 Å². The van der Waals surface area contributed by atoms with Crippen LogP contribution >= 0.6 is 7.92 Å². The van der Waals surface area contributed by atoms with Crippen molar-refractivity contribution in [2.75, 3.05) is 7.11 Å². The molecular weight excluding hydrogens is 291 g/mol. The fourth-order valence-corrected chi connectivity index (χ4v) is 4.79. The van der Waals surface area contributed by atoms with Gasteiger partial charge in [0, 0.05) is 5.30 Å². The van der Waals surface area contributed by atoms with Gasteiger partial charge >= 0.3 is 0 Å². The molecule has 3 heteroatoms. The van der Waals surface area contributed by atoms with Crippen LogP contribution in [0.5, 0.6) is 11.5 Å². The Morgan fingerprint density at radius 1 is 0.727 bits per heavy atom. The Kier molecular flexibility index (Phi) is 4.41. The van der Waals surface area contributed by atoms with Crippen LogP contribution in [0.3, 0.4) is 0 Å². The monoisotopic (exact) mass is 308 g/mol. The van der Waals surface area contributed by atoms with Crippen LogP contribution in [0, 0.1) is 0 Å². The SMILES string of the molecule is COc1cccc(P(c2ccccc2)c2ccccc2)c1O. The summed E-state index contributed by atoms with van der Waals surface area (Å²) in [6.07, 6.45) is 0. The molecule has 3 aromatic rings. The number of hydrogen-bond donors (Lipinski definition) is 1. The first-order chi connectivity index (χ1) is 10.8. The average Bonchev–Trinajstić information content (AvgIpc) is 2.59. The number of hydrogen-bond acceptors (Lipinski definition) is 2. The Bertz CT molecular complexity index is 702. The normalized spacial score (nSPS) is 10.6. The lowest BCUT2D eigenvalue weighted by Gasteiger charge is -2.21. The van der Waals surface area contributed by atoms with E-state index >= 15 is 0 Å². The third-order valence-corrected chi connectivity index (χ3v) is 5.94. The minimum atomic E-state index is -0.819. The van der Waals surface area contributed by atoms with E-state index in [0.717, 1.165) is 5.30 Å². The molecule has 0 atom stereocenters. The lowest BCUT2D eigenvalue weighted by atomic mass is 10.3. The Labute approximate surface area is 131 Å². The molecule has 0 aromatic heterocycles. The van der Waals surface area contributed by atoms with Crippen molar-refractivity contribution in [1.29, 1.82) is 0 Å². The van der Waals surface area contributed by atoms with Gasteiger partial charge in [0.05, 0.1) is 7.11 Å². The predicted octanol–water partition coefficient (Wildman–Crippen LogP) is 3.16. The summed E-state index contributed by atoms with van der Waals surface area (Å²) in [4.78, 5) is 0. The van der Waals surface area contributed by atoms with Crippen molar-refractivity contribution >= 4 is 23.8 Å². The molecule has 22 heavy (non-hydrogen) atoms. The molecule has 0 fully saturated rings. The molecule has 0 amide bonds. The first kappa shape index (κ1) is 14.6. The van der Waals surface area contributed by atoms with E-state index in [0.29, 0.717) is 5.75 Å². The van der Waals surface area contributed by atoms with Crippen molar-refractivity contribution in [3.8, 4) is 11.5 Å². The van der Waals surface area contributed by atoms with Crippen molar-refractivity contribution < 1.29 is 9.84 Å². The standard InChI is InChI=1S/C19H17O2P/c1-21-17-13-8-14-18(19(17)20)22(15-9-4-2-5-10-15)16-11-6-3-7-12-16/h2-14,20H,1H3. The van der Waals surface area contributed by atoms with Crippen molar-refractivity contribution in [2.24, 2.45) is 0 Å². The van der Waals surface area contributed by atoms with Gasteiger partial charge in [0.1, 0.15) is 0 Å². The Morgan fingerprint density at radius 2 is 1.27 bits per heavy atom. The van der Waals surface area contributed by atoms with E-state index < -0.39 is 7.92 Å². The van der Waals surface area contributed by atoms with Crippen molar-refractivity contribution in [3.63, 3.8) is 0 Å². The van der Waals surface area contributed by atoms with Gasteiger partial charge in [-0.25, -0.2) is 0 Å². The van der Waals surface area contributed by atoms with Crippen molar-refractivity contribution in [1.82, 2.24) is 0 Å². The summed E-state index contributed by atoms with van der Waals surface area (Å²) in [5.41, 5.74) is 0. The number of phenols is 1. The molecule has 110 valence electrons. The second kappa shape index (κ2) is 6.64. The minimum Gasteiger partial charge on any atom is -0.504 e. The maximum atomic E-state index is 10.6. The number of benzene rings is 3. The van der Waals surface area contributed by atoms with E-state index in [1.165, 1.54) is 10.6 Å². The van der Waals surface area contributed by atoms with Crippen LogP contribution in [0.15, 0.2) is 78.9 Å². The highest BCUT2D eigenvalue weighted by Crippen LogP contribution is 2.39. The molecule has 0 saturated carbocycles. The van der Waals surface area contributed by atoms with E-state index in [2.05, 4.69) is 24.3 Å². The summed E-state index contributed by atoms with van der Waals surface area (Å²) in [5.74, 6) is 0.737. The van der Waals surface area contributed by atoms with Crippen LogP contribution in [0.4, 0.5) is 0 Å². The summed E-state index contributed by atoms with van der Waals surface area (Å²) in [6, 6.07) is 26.3. The van der Waals surface area contributed by atoms with Gasteiger partial charge in [0.2, 0.25) is 0 Å². The zero-order chi connectivity index (χ0) is 15.4. The summed E-state index contributed by atoms with van der Waals surface area (Å²) in [5, 5.41) is 13.9. The summed E-state index contributed by atoms with van der Waals surface area (Å²) < 4.78 is 5.27. The summed E-state index contributed by atoms with van der Waals surface area (Å²) in [7, 11) is 0.757. The van der Waals surface area contributed by atoms with E-state index in [1.807, 2.05) is 48.5 Å². The number of ether oxygens (including phenoxy) is 1. The molecule has 0 spiro atoms. The van der Waals surface area contributed by atoms with Crippen molar-refractivity contribution in [3.05, 3.63) is 78.9 Å². The quantitative estimate of drug-likeness (QED) is 0.750. The Hall–Kier alpha value is -2.31. The predicted molar refractivity (Wildman–Crippen MR) is 93.4 cm³/mol. The average molecular weight is 308 g/mol. The fraction of sp³-hybridized carbons (Fsp3) is 0.0526. The Balaban J connectivity index is 2.19. The molecule has 0 aliphatic carbocycles. The highest BCUT2D eigenvalue weighted by Gasteiger charge is 2.21. The molecule has 0 aliphatic heterocycles. The van der Waals surface area contributed by atoms with Crippen LogP contribution in [0.1, 0.15) is 0 Å². The van der Waals surface area contributed by atoms with Gasteiger partial charge in [0.15, 0.2) is 11.5 Å². The maximum absolute atomic E-state index is 10.6. The van der Waals surface area contributed by atoms with Gasteiger partial charge in [-0.15, -0.1) is 0 Å². The Morgan fingerprint density at radius 3 is 1.77 bits per heavy atom. The van der Waals surface area contributed by atoms with Crippen LogP contribution in [-0.4, -0.2) is 12.2 Å². The highest BCUT2D eigenvalue weighted by molar-refractivity contribution is 7.80. The van der Waals surface area contributed by atoms with Gasteiger partial charge in [-0.2, -0.15) is 0 Å². The molecule has 0 bridgehead atoms. The summed E-state index contributed by atoms with van der Waals surface area (Å²) >= 11 is 0. The smallest absolute Gasteiger partial charge is 0.166 e. The molecule has 3 rings (SSSR count). The van der Waals surface area contributed by atoms with Gasteiger partial charge in [-0.05, 0) is 30.7 Å². The molecule has 0 saturated heterocycles. The number of para-hydroxylation sites is 1. The van der Waals surface area contributed by atoms with Gasteiger partial charge in [-0.3, -0.25) is 0 Å². The zero-order valence-electron chi connectivity index (χ0n) is 12.3. The number of rotatable bonds is 4.